The second-order valence-corrected chi connectivity index (χ2v) is 10.5. The van der Waals surface area contributed by atoms with Crippen molar-refractivity contribution < 1.29 is 13.2 Å². The van der Waals surface area contributed by atoms with Crippen molar-refractivity contribution in [3.8, 4) is 0 Å². The molecule has 2 heterocycles. The van der Waals surface area contributed by atoms with Crippen molar-refractivity contribution in [2.24, 2.45) is 5.92 Å². The molecule has 3 aromatic rings. The maximum Gasteiger partial charge on any atom is 0.264 e. The van der Waals surface area contributed by atoms with Gasteiger partial charge in [-0.25, -0.2) is 8.42 Å². The summed E-state index contributed by atoms with van der Waals surface area (Å²) in [7, 11) is -3.68. The lowest BCUT2D eigenvalue weighted by atomic mass is 9.73. The molecule has 0 radical (unpaired) electrons. The van der Waals surface area contributed by atoms with Gasteiger partial charge in [-0.15, -0.1) is 0 Å². The van der Waals surface area contributed by atoms with Gasteiger partial charge in [0, 0.05) is 19.1 Å². The van der Waals surface area contributed by atoms with E-state index in [1.165, 1.54) is 5.56 Å². The van der Waals surface area contributed by atoms with Crippen LogP contribution in [-0.4, -0.2) is 21.6 Å². The molecule has 1 saturated heterocycles. The SMILES string of the molecule is Cc1ccc(S(=O)(=O)N2CC3C(CCOC3c3ccccc3C)c3ccccc32)cc1. The van der Waals surface area contributed by atoms with E-state index in [4.69, 9.17) is 4.74 Å². The molecule has 0 amide bonds. The molecule has 2 aliphatic heterocycles. The van der Waals surface area contributed by atoms with Gasteiger partial charge < -0.3 is 4.74 Å². The summed E-state index contributed by atoms with van der Waals surface area (Å²) in [5.74, 6) is 0.337. The maximum absolute atomic E-state index is 13.7. The fourth-order valence-electron chi connectivity index (χ4n) is 5.09. The Morgan fingerprint density at radius 3 is 2.29 bits per heavy atom. The van der Waals surface area contributed by atoms with E-state index in [9.17, 15) is 8.42 Å². The van der Waals surface area contributed by atoms with Gasteiger partial charge in [-0.05, 0) is 61.1 Å². The van der Waals surface area contributed by atoms with E-state index < -0.39 is 10.0 Å². The quantitative estimate of drug-likeness (QED) is 0.558. The topological polar surface area (TPSA) is 46.6 Å². The van der Waals surface area contributed by atoms with Crippen LogP contribution in [0.15, 0.2) is 77.7 Å². The number of hydrogen-bond acceptors (Lipinski definition) is 3. The molecular formula is C26H27NO3S. The predicted octanol–water partition coefficient (Wildman–Crippen LogP) is 5.37. The van der Waals surface area contributed by atoms with Gasteiger partial charge in [0.2, 0.25) is 0 Å². The number of anilines is 1. The highest BCUT2D eigenvalue weighted by Crippen LogP contribution is 2.50. The number of rotatable bonds is 3. The van der Waals surface area contributed by atoms with E-state index >= 15 is 0 Å². The lowest BCUT2D eigenvalue weighted by Crippen LogP contribution is -2.46. The number of aryl methyl sites for hydroxylation is 2. The molecular weight excluding hydrogens is 406 g/mol. The molecule has 3 aromatic carbocycles. The molecule has 0 aromatic heterocycles. The van der Waals surface area contributed by atoms with E-state index in [2.05, 4.69) is 25.1 Å². The van der Waals surface area contributed by atoms with Gasteiger partial charge in [-0.2, -0.15) is 0 Å². The monoisotopic (exact) mass is 433 g/mol. The van der Waals surface area contributed by atoms with Crippen LogP contribution in [0.1, 0.15) is 40.7 Å². The van der Waals surface area contributed by atoms with Crippen LogP contribution in [0, 0.1) is 19.8 Å². The Hall–Kier alpha value is -2.63. The number of sulfonamides is 1. The summed E-state index contributed by atoms with van der Waals surface area (Å²) < 4.78 is 35.4. The minimum atomic E-state index is -3.68. The Morgan fingerprint density at radius 2 is 1.55 bits per heavy atom. The molecule has 5 rings (SSSR count). The summed E-state index contributed by atoms with van der Waals surface area (Å²) in [6.45, 7) is 5.15. The lowest BCUT2D eigenvalue weighted by Gasteiger charge is -2.46. The normalized spacial score (nSPS) is 23.2. The summed E-state index contributed by atoms with van der Waals surface area (Å²) >= 11 is 0. The molecule has 1 fully saturated rings. The molecule has 5 heteroatoms. The fraction of sp³-hybridized carbons (Fsp3) is 0.308. The van der Waals surface area contributed by atoms with Crippen molar-refractivity contribution in [3.63, 3.8) is 0 Å². The van der Waals surface area contributed by atoms with Gasteiger partial charge in [0.05, 0.1) is 16.7 Å². The fourth-order valence-corrected chi connectivity index (χ4v) is 6.62. The first-order valence-electron chi connectivity index (χ1n) is 10.8. The molecule has 160 valence electrons. The summed E-state index contributed by atoms with van der Waals surface area (Å²) in [6.07, 6.45) is 0.784. The van der Waals surface area contributed by atoms with Crippen molar-refractivity contribution in [2.75, 3.05) is 17.5 Å². The van der Waals surface area contributed by atoms with Crippen molar-refractivity contribution in [2.45, 2.75) is 37.2 Å². The third-order valence-electron chi connectivity index (χ3n) is 6.72. The standard InChI is InChI=1S/C26H27NO3S/c1-18-11-13-20(14-12-18)31(28,29)27-17-24-22(23-9-5-6-10-25(23)27)15-16-30-26(24)21-8-4-3-7-19(21)2/h3-14,22,24,26H,15-17H2,1-2H3. The van der Waals surface area contributed by atoms with Gasteiger partial charge in [0.1, 0.15) is 0 Å². The molecule has 0 spiro atoms. The van der Waals surface area contributed by atoms with E-state index in [1.54, 1.807) is 16.4 Å². The second kappa shape index (κ2) is 7.81. The first-order chi connectivity index (χ1) is 15.0. The Kier molecular flexibility index (Phi) is 5.11. The van der Waals surface area contributed by atoms with Crippen LogP contribution >= 0.6 is 0 Å². The molecule has 4 nitrogen and oxygen atoms in total. The molecule has 3 atom stereocenters. The average molecular weight is 434 g/mol. The van der Waals surface area contributed by atoms with Crippen LogP contribution < -0.4 is 4.31 Å². The zero-order valence-electron chi connectivity index (χ0n) is 17.9. The summed E-state index contributed by atoms with van der Waals surface area (Å²) in [5.41, 5.74) is 5.29. The van der Waals surface area contributed by atoms with Crippen LogP contribution in [-0.2, 0) is 14.8 Å². The highest BCUT2D eigenvalue weighted by Gasteiger charge is 2.45. The van der Waals surface area contributed by atoms with Crippen LogP contribution in [0.3, 0.4) is 0 Å². The number of ether oxygens (including phenoxy) is 1. The number of nitrogens with zero attached hydrogens (tertiary/aromatic N) is 1. The van der Waals surface area contributed by atoms with Crippen LogP contribution in [0.2, 0.25) is 0 Å². The Bertz CT molecular complexity index is 1200. The van der Waals surface area contributed by atoms with E-state index in [0.717, 1.165) is 28.8 Å². The van der Waals surface area contributed by atoms with Crippen LogP contribution in [0.25, 0.3) is 0 Å². The molecule has 3 unspecified atom stereocenters. The van der Waals surface area contributed by atoms with Gasteiger partial charge in [-0.1, -0.05) is 60.2 Å². The first-order valence-corrected chi connectivity index (χ1v) is 12.3. The van der Waals surface area contributed by atoms with Crippen LogP contribution in [0.4, 0.5) is 5.69 Å². The predicted molar refractivity (Wildman–Crippen MR) is 123 cm³/mol. The first kappa shape index (κ1) is 20.3. The molecule has 0 saturated carbocycles. The summed E-state index contributed by atoms with van der Waals surface area (Å²) in [6, 6.07) is 23.4. The zero-order valence-corrected chi connectivity index (χ0v) is 18.7. The highest BCUT2D eigenvalue weighted by molar-refractivity contribution is 7.92. The van der Waals surface area contributed by atoms with Crippen molar-refractivity contribution in [1.82, 2.24) is 0 Å². The zero-order chi connectivity index (χ0) is 21.6. The number of fused-ring (bicyclic) bond motifs is 3. The van der Waals surface area contributed by atoms with Gasteiger partial charge in [0.15, 0.2) is 0 Å². The largest absolute Gasteiger partial charge is 0.373 e. The smallest absolute Gasteiger partial charge is 0.264 e. The number of benzene rings is 3. The molecule has 0 bridgehead atoms. The highest BCUT2D eigenvalue weighted by atomic mass is 32.2. The molecule has 2 aliphatic rings. The van der Waals surface area contributed by atoms with E-state index in [0.29, 0.717) is 18.0 Å². The van der Waals surface area contributed by atoms with Gasteiger partial charge >= 0.3 is 0 Å². The maximum atomic E-state index is 13.7. The van der Waals surface area contributed by atoms with Crippen molar-refractivity contribution in [3.05, 3.63) is 95.1 Å². The van der Waals surface area contributed by atoms with Crippen LogP contribution in [0.5, 0.6) is 0 Å². The van der Waals surface area contributed by atoms with Crippen molar-refractivity contribution in [1.29, 1.82) is 0 Å². The third-order valence-corrected chi connectivity index (χ3v) is 8.51. The molecule has 31 heavy (non-hydrogen) atoms. The van der Waals surface area contributed by atoms with Gasteiger partial charge in [0.25, 0.3) is 10.0 Å². The van der Waals surface area contributed by atoms with E-state index in [-0.39, 0.29) is 17.9 Å². The van der Waals surface area contributed by atoms with Crippen molar-refractivity contribution >= 4 is 15.7 Å². The number of hydrogen-bond donors (Lipinski definition) is 0. The third kappa shape index (κ3) is 3.46. The Morgan fingerprint density at radius 1 is 0.871 bits per heavy atom. The minimum absolute atomic E-state index is 0.0602. The minimum Gasteiger partial charge on any atom is -0.373 e. The van der Waals surface area contributed by atoms with E-state index in [1.807, 2.05) is 49.4 Å². The average Bonchev–Trinajstić information content (AvgIpc) is 2.79. The Balaban J connectivity index is 1.62. The summed E-state index contributed by atoms with van der Waals surface area (Å²) in [4.78, 5) is 0.329. The number of para-hydroxylation sites is 1. The molecule has 0 aliphatic carbocycles. The van der Waals surface area contributed by atoms with Gasteiger partial charge in [-0.3, -0.25) is 4.31 Å². The Labute approximate surface area is 184 Å². The lowest BCUT2D eigenvalue weighted by molar-refractivity contribution is -0.0387. The molecule has 0 N–H and O–H groups in total. The second-order valence-electron chi connectivity index (χ2n) is 8.62. The summed E-state index contributed by atoms with van der Waals surface area (Å²) in [5, 5.41) is 0.